The molecule has 54 heavy (non-hydrogen) atoms. The molecule has 0 saturated carbocycles. The number of para-hydroxylation sites is 3. The third-order valence-corrected chi connectivity index (χ3v) is 11.5. The Bertz CT molecular complexity index is 3020. The van der Waals surface area contributed by atoms with E-state index < -0.39 is 0 Å². The summed E-state index contributed by atoms with van der Waals surface area (Å²) in [4.78, 5) is 2.30. The van der Waals surface area contributed by atoms with Crippen molar-refractivity contribution >= 4 is 60.9 Å². The second-order valence-corrected chi connectivity index (χ2v) is 14.9. The topological polar surface area (TPSA) is 29.5 Å². The maximum atomic E-state index is 6.98. The van der Waals surface area contributed by atoms with Gasteiger partial charge in [-0.25, -0.2) is 0 Å². The van der Waals surface area contributed by atoms with Gasteiger partial charge in [-0.05, 0) is 106 Å². The van der Waals surface area contributed by atoms with Gasteiger partial charge in [-0.1, -0.05) is 123 Å². The minimum absolute atomic E-state index is 0.112. The average Bonchev–Trinajstić information content (AvgIpc) is 3.86. The van der Waals surface area contributed by atoms with Crippen molar-refractivity contribution in [2.24, 2.45) is 0 Å². The van der Waals surface area contributed by atoms with Gasteiger partial charge in [0.15, 0.2) is 0 Å². The van der Waals surface area contributed by atoms with Crippen LogP contribution in [-0.4, -0.2) is 0 Å². The van der Waals surface area contributed by atoms with Crippen molar-refractivity contribution in [2.45, 2.75) is 19.3 Å². The molecule has 0 atom stereocenters. The van der Waals surface area contributed by atoms with Crippen molar-refractivity contribution in [3.05, 3.63) is 187 Å². The normalized spacial score (nSPS) is 13.1. The Morgan fingerprint density at radius 2 is 0.981 bits per heavy atom. The molecule has 11 rings (SSSR count). The SMILES string of the molecule is CC1(C)c2ccccc2-c2ccc(-c3ccc4c(oc5ccc6oc7ccccc7c6c54)c3-c3ccc(N(c4ccccc4)c4ccccc4)cc3)cc21. The van der Waals surface area contributed by atoms with Gasteiger partial charge >= 0.3 is 0 Å². The molecule has 2 heterocycles. The van der Waals surface area contributed by atoms with Crippen LogP contribution in [0.25, 0.3) is 77.3 Å². The number of furan rings is 2. The fourth-order valence-corrected chi connectivity index (χ4v) is 8.92. The highest BCUT2D eigenvalue weighted by atomic mass is 16.3. The number of rotatable bonds is 5. The molecule has 0 spiro atoms. The summed E-state index contributed by atoms with van der Waals surface area (Å²) in [5.74, 6) is 0. The minimum Gasteiger partial charge on any atom is -0.456 e. The Morgan fingerprint density at radius 3 is 1.74 bits per heavy atom. The van der Waals surface area contributed by atoms with Crippen LogP contribution in [0.1, 0.15) is 25.0 Å². The summed E-state index contributed by atoms with van der Waals surface area (Å²) in [6.07, 6.45) is 0. The van der Waals surface area contributed by atoms with Crippen LogP contribution < -0.4 is 4.90 Å². The van der Waals surface area contributed by atoms with E-state index >= 15 is 0 Å². The lowest BCUT2D eigenvalue weighted by atomic mass is 9.81. The van der Waals surface area contributed by atoms with Gasteiger partial charge in [0.05, 0.1) is 0 Å². The molecule has 1 aliphatic rings. The van der Waals surface area contributed by atoms with Gasteiger partial charge in [0.1, 0.15) is 22.3 Å². The number of nitrogens with zero attached hydrogens (tertiary/aromatic N) is 1. The van der Waals surface area contributed by atoms with Crippen LogP contribution in [0.15, 0.2) is 185 Å². The van der Waals surface area contributed by atoms with Gasteiger partial charge in [0.25, 0.3) is 0 Å². The van der Waals surface area contributed by atoms with Gasteiger partial charge in [-0.15, -0.1) is 0 Å². The Hall–Kier alpha value is -6.84. The first-order valence-corrected chi connectivity index (χ1v) is 18.6. The second-order valence-electron chi connectivity index (χ2n) is 14.9. The fraction of sp³-hybridized carbons (Fsp3) is 0.0588. The second kappa shape index (κ2) is 11.6. The Balaban J connectivity index is 1.15. The molecular weight excluding hydrogens is 659 g/mol. The highest BCUT2D eigenvalue weighted by Crippen LogP contribution is 2.51. The van der Waals surface area contributed by atoms with Gasteiger partial charge in [-0.2, -0.15) is 0 Å². The standard InChI is InChI=1S/C51H35NO2/c1-51(2)42-19-11-9-17-38(42)39-26-23-33(31-43(39)51)37-27-28-41-49-46(30-29-45-48(49)40-18-10-12-20-44(40)53-45)54-50(41)47(37)32-21-24-36(25-22-32)52(34-13-5-3-6-14-34)35-15-7-4-8-16-35/h3-31H,1-2H3. The van der Waals surface area contributed by atoms with Crippen molar-refractivity contribution in [1.29, 1.82) is 0 Å². The molecular formula is C51H35NO2. The van der Waals surface area contributed by atoms with E-state index in [-0.39, 0.29) is 5.41 Å². The first-order chi connectivity index (χ1) is 26.5. The molecule has 0 saturated heterocycles. The third kappa shape index (κ3) is 4.48. The first-order valence-electron chi connectivity index (χ1n) is 18.6. The Labute approximate surface area is 313 Å². The molecule has 0 aliphatic heterocycles. The predicted octanol–water partition coefficient (Wildman–Crippen LogP) is 14.6. The van der Waals surface area contributed by atoms with E-state index in [0.29, 0.717) is 0 Å². The zero-order chi connectivity index (χ0) is 36.0. The van der Waals surface area contributed by atoms with Crippen LogP contribution in [0.3, 0.4) is 0 Å². The molecule has 0 unspecified atom stereocenters. The average molecular weight is 694 g/mol. The van der Waals surface area contributed by atoms with Crippen LogP contribution in [0.4, 0.5) is 17.1 Å². The van der Waals surface area contributed by atoms with E-state index in [9.17, 15) is 0 Å². The lowest BCUT2D eigenvalue weighted by molar-refractivity contribution is 0.660. The van der Waals surface area contributed by atoms with Gasteiger partial charge in [0, 0.05) is 49.6 Å². The Morgan fingerprint density at radius 1 is 0.407 bits per heavy atom. The van der Waals surface area contributed by atoms with Crippen LogP contribution in [0, 0.1) is 0 Å². The number of anilines is 3. The lowest BCUT2D eigenvalue weighted by Gasteiger charge is -2.25. The van der Waals surface area contributed by atoms with Crippen molar-refractivity contribution in [3.63, 3.8) is 0 Å². The summed E-state index contributed by atoms with van der Waals surface area (Å²) in [5, 5.41) is 4.35. The van der Waals surface area contributed by atoms with Gasteiger partial charge < -0.3 is 13.7 Å². The largest absolute Gasteiger partial charge is 0.456 e. The predicted molar refractivity (Wildman–Crippen MR) is 224 cm³/mol. The lowest BCUT2D eigenvalue weighted by Crippen LogP contribution is -2.14. The van der Waals surface area contributed by atoms with E-state index in [2.05, 4.69) is 176 Å². The van der Waals surface area contributed by atoms with Crippen molar-refractivity contribution in [2.75, 3.05) is 4.90 Å². The van der Waals surface area contributed by atoms with Crippen LogP contribution in [0.2, 0.25) is 0 Å². The molecule has 10 aromatic rings. The minimum atomic E-state index is -0.112. The monoisotopic (exact) mass is 693 g/mol. The number of hydrogen-bond acceptors (Lipinski definition) is 3. The van der Waals surface area contributed by atoms with Crippen LogP contribution in [0.5, 0.6) is 0 Å². The van der Waals surface area contributed by atoms with E-state index in [1.54, 1.807) is 0 Å². The molecule has 1 aliphatic carbocycles. The Kier molecular flexibility index (Phi) is 6.60. The quantitative estimate of drug-likeness (QED) is 0.180. The summed E-state index contributed by atoms with van der Waals surface area (Å²) in [6.45, 7) is 4.68. The molecule has 3 nitrogen and oxygen atoms in total. The number of benzene rings is 8. The highest BCUT2D eigenvalue weighted by Gasteiger charge is 2.35. The van der Waals surface area contributed by atoms with E-state index in [4.69, 9.17) is 8.83 Å². The molecule has 0 radical (unpaired) electrons. The molecule has 256 valence electrons. The molecule has 3 heteroatoms. The van der Waals surface area contributed by atoms with E-state index in [0.717, 1.165) is 77.6 Å². The van der Waals surface area contributed by atoms with Crippen molar-refractivity contribution in [1.82, 2.24) is 0 Å². The summed E-state index contributed by atoms with van der Waals surface area (Å²) < 4.78 is 13.3. The van der Waals surface area contributed by atoms with E-state index in [1.807, 2.05) is 18.2 Å². The highest BCUT2D eigenvalue weighted by molar-refractivity contribution is 6.27. The van der Waals surface area contributed by atoms with Crippen molar-refractivity contribution in [3.8, 4) is 33.4 Å². The first kappa shape index (κ1) is 30.8. The van der Waals surface area contributed by atoms with Gasteiger partial charge in [-0.3, -0.25) is 0 Å². The van der Waals surface area contributed by atoms with Gasteiger partial charge in [0.2, 0.25) is 0 Å². The summed E-state index contributed by atoms with van der Waals surface area (Å²) in [6, 6.07) is 62.8. The van der Waals surface area contributed by atoms with Crippen LogP contribution in [-0.2, 0) is 5.41 Å². The molecule has 0 N–H and O–H groups in total. The molecule has 0 fully saturated rings. The van der Waals surface area contributed by atoms with Crippen LogP contribution >= 0.6 is 0 Å². The smallest absolute Gasteiger partial charge is 0.143 e. The zero-order valence-corrected chi connectivity index (χ0v) is 30.0. The number of hydrogen-bond donors (Lipinski definition) is 0. The molecule has 0 amide bonds. The molecule has 8 aromatic carbocycles. The maximum Gasteiger partial charge on any atom is 0.143 e. The fourth-order valence-electron chi connectivity index (χ4n) is 8.92. The summed E-state index contributed by atoms with van der Waals surface area (Å²) >= 11 is 0. The van der Waals surface area contributed by atoms with Crippen molar-refractivity contribution < 1.29 is 8.83 Å². The molecule has 0 bridgehead atoms. The number of fused-ring (bicyclic) bond motifs is 10. The summed E-state index contributed by atoms with van der Waals surface area (Å²) in [7, 11) is 0. The molecule has 2 aromatic heterocycles. The zero-order valence-electron chi connectivity index (χ0n) is 30.0. The van der Waals surface area contributed by atoms with E-state index in [1.165, 1.54) is 27.8 Å². The third-order valence-electron chi connectivity index (χ3n) is 11.5. The maximum absolute atomic E-state index is 6.98. The summed E-state index contributed by atoms with van der Waals surface area (Å²) in [5.41, 5.74) is 16.5.